The van der Waals surface area contributed by atoms with Gasteiger partial charge in [-0.25, -0.2) is 0 Å². The van der Waals surface area contributed by atoms with E-state index in [1.165, 1.54) is 18.2 Å². The predicted molar refractivity (Wildman–Crippen MR) is 88.5 cm³/mol. The summed E-state index contributed by atoms with van der Waals surface area (Å²) in [7, 11) is 0. The highest BCUT2D eigenvalue weighted by molar-refractivity contribution is 6.05. The molecule has 2 aliphatic rings. The van der Waals surface area contributed by atoms with Crippen LogP contribution in [0.5, 0.6) is 5.75 Å². The Morgan fingerprint density at radius 3 is 2.30 bits per heavy atom. The number of hydrogen-bond acceptors (Lipinski definition) is 4. The molecule has 2 atom stereocenters. The third-order valence-corrected chi connectivity index (χ3v) is 4.88. The molecule has 6 nitrogen and oxygen atoms in total. The number of nitrogens with zero attached hydrogens (tertiary/aromatic N) is 1. The highest BCUT2D eigenvalue weighted by Gasteiger charge is 2.47. The molecular weight excluding hydrogens is 365 g/mol. The van der Waals surface area contributed by atoms with Crippen LogP contribution in [0, 0.1) is 11.8 Å². The van der Waals surface area contributed by atoms with Crippen LogP contribution >= 0.6 is 0 Å². The van der Waals surface area contributed by atoms with E-state index in [9.17, 15) is 27.6 Å². The second-order valence-corrected chi connectivity index (χ2v) is 6.67. The molecule has 0 spiro atoms. The molecule has 1 aromatic rings. The maximum atomic E-state index is 12.4. The fraction of sp³-hybridized carbons (Fsp3) is 0.500. The lowest BCUT2D eigenvalue weighted by molar-refractivity contribution is -0.274. The number of halogens is 3. The summed E-state index contributed by atoms with van der Waals surface area (Å²) in [5.74, 6) is -2.23. The number of alkyl halides is 3. The highest BCUT2D eigenvalue weighted by atomic mass is 19.4. The third-order valence-electron chi connectivity index (χ3n) is 4.88. The lowest BCUT2D eigenvalue weighted by Crippen LogP contribution is -2.34. The van der Waals surface area contributed by atoms with Crippen molar-refractivity contribution in [3.05, 3.63) is 24.3 Å². The molecule has 1 N–H and O–H groups in total. The summed E-state index contributed by atoms with van der Waals surface area (Å²) in [4.78, 5) is 37.9. The van der Waals surface area contributed by atoms with Gasteiger partial charge < -0.3 is 10.1 Å². The Hall–Kier alpha value is -2.58. The smallest absolute Gasteiger partial charge is 0.404 e. The SMILES string of the molecule is O=C(CCN1C(=O)[C@H]2CCCC[C@@H]2C1=O)Nc1ccccc1OC(F)(F)F. The first-order valence-electron chi connectivity index (χ1n) is 8.76. The van der Waals surface area contributed by atoms with E-state index in [2.05, 4.69) is 10.1 Å². The van der Waals surface area contributed by atoms with Gasteiger partial charge in [-0.3, -0.25) is 19.3 Å². The van der Waals surface area contributed by atoms with Gasteiger partial charge in [0.2, 0.25) is 17.7 Å². The van der Waals surface area contributed by atoms with E-state index in [0.29, 0.717) is 12.8 Å². The molecule has 3 amide bonds. The van der Waals surface area contributed by atoms with E-state index in [1.807, 2.05) is 0 Å². The van der Waals surface area contributed by atoms with Crippen LogP contribution in [0.4, 0.5) is 18.9 Å². The van der Waals surface area contributed by atoms with Crippen molar-refractivity contribution < 1.29 is 32.3 Å². The van der Waals surface area contributed by atoms with Gasteiger partial charge in [0.05, 0.1) is 17.5 Å². The number of benzene rings is 1. The molecule has 3 rings (SSSR count). The summed E-state index contributed by atoms with van der Waals surface area (Å²) >= 11 is 0. The average molecular weight is 384 g/mol. The molecule has 27 heavy (non-hydrogen) atoms. The van der Waals surface area contributed by atoms with Crippen molar-refractivity contribution in [1.82, 2.24) is 4.90 Å². The number of hydrogen-bond donors (Lipinski definition) is 1. The van der Waals surface area contributed by atoms with Gasteiger partial charge in [-0.1, -0.05) is 25.0 Å². The number of nitrogens with one attached hydrogen (secondary N) is 1. The largest absolute Gasteiger partial charge is 0.573 e. The summed E-state index contributed by atoms with van der Waals surface area (Å²) in [5, 5.41) is 2.34. The van der Waals surface area contributed by atoms with Crippen molar-refractivity contribution >= 4 is 23.4 Å². The van der Waals surface area contributed by atoms with E-state index in [4.69, 9.17) is 0 Å². The molecule has 0 aromatic heterocycles. The van der Waals surface area contributed by atoms with Crippen molar-refractivity contribution in [1.29, 1.82) is 0 Å². The van der Waals surface area contributed by atoms with Crippen molar-refractivity contribution in [3.8, 4) is 5.75 Å². The Balaban J connectivity index is 1.59. The predicted octanol–water partition coefficient (Wildman–Crippen LogP) is 3.09. The quantitative estimate of drug-likeness (QED) is 0.792. The van der Waals surface area contributed by atoms with Gasteiger partial charge >= 0.3 is 6.36 Å². The van der Waals surface area contributed by atoms with E-state index < -0.39 is 18.0 Å². The molecule has 0 radical (unpaired) electrons. The minimum Gasteiger partial charge on any atom is -0.404 e. The summed E-state index contributed by atoms with van der Waals surface area (Å²) in [6.45, 7) is -0.0845. The molecule has 1 aliphatic carbocycles. The number of anilines is 1. The maximum absolute atomic E-state index is 12.4. The molecule has 1 saturated carbocycles. The zero-order valence-corrected chi connectivity index (χ0v) is 14.4. The van der Waals surface area contributed by atoms with Crippen LogP contribution in [0.15, 0.2) is 24.3 Å². The third kappa shape index (κ3) is 4.40. The van der Waals surface area contributed by atoms with E-state index in [-0.39, 0.29) is 42.3 Å². The Labute approximate surface area is 153 Å². The number of likely N-dealkylation sites (tertiary alicyclic amines) is 1. The first-order chi connectivity index (χ1) is 12.8. The van der Waals surface area contributed by atoms with Gasteiger partial charge in [0.15, 0.2) is 5.75 Å². The first kappa shape index (κ1) is 19.2. The number of fused-ring (bicyclic) bond motifs is 1. The Bertz CT molecular complexity index is 726. The Kier molecular flexibility index (Phi) is 5.38. The first-order valence-corrected chi connectivity index (χ1v) is 8.76. The van der Waals surface area contributed by atoms with E-state index in [0.717, 1.165) is 23.8 Å². The van der Waals surface area contributed by atoms with Crippen molar-refractivity contribution in [2.75, 3.05) is 11.9 Å². The van der Waals surface area contributed by atoms with Crippen LogP contribution in [0.2, 0.25) is 0 Å². The summed E-state index contributed by atoms with van der Waals surface area (Å²) < 4.78 is 41.2. The van der Waals surface area contributed by atoms with Gasteiger partial charge in [-0.2, -0.15) is 0 Å². The maximum Gasteiger partial charge on any atom is 0.573 e. The van der Waals surface area contributed by atoms with Gasteiger partial charge in [0.1, 0.15) is 0 Å². The van der Waals surface area contributed by atoms with Crippen LogP contribution in [-0.4, -0.2) is 35.5 Å². The number of rotatable bonds is 5. The number of ether oxygens (including phenoxy) is 1. The summed E-state index contributed by atoms with van der Waals surface area (Å²) in [6.07, 6.45) is -1.90. The zero-order chi connectivity index (χ0) is 19.6. The van der Waals surface area contributed by atoms with Crippen LogP contribution in [0.3, 0.4) is 0 Å². The number of imide groups is 1. The van der Waals surface area contributed by atoms with E-state index >= 15 is 0 Å². The Morgan fingerprint density at radius 2 is 1.70 bits per heavy atom. The van der Waals surface area contributed by atoms with Crippen LogP contribution < -0.4 is 10.1 Å². The minimum absolute atomic E-state index is 0.0845. The molecule has 1 saturated heterocycles. The van der Waals surface area contributed by atoms with E-state index in [1.54, 1.807) is 0 Å². The van der Waals surface area contributed by atoms with Gasteiger partial charge in [-0.05, 0) is 25.0 Å². The van der Waals surface area contributed by atoms with Gasteiger partial charge in [-0.15, -0.1) is 13.2 Å². The normalized spacial score (nSPS) is 22.6. The fourth-order valence-corrected chi connectivity index (χ4v) is 3.66. The van der Waals surface area contributed by atoms with Crippen molar-refractivity contribution in [2.24, 2.45) is 11.8 Å². The van der Waals surface area contributed by atoms with Crippen LogP contribution in [0.1, 0.15) is 32.1 Å². The number of carbonyl (C=O) groups is 3. The molecule has 1 aliphatic heterocycles. The number of amides is 3. The molecule has 1 heterocycles. The van der Waals surface area contributed by atoms with Gasteiger partial charge in [0.25, 0.3) is 0 Å². The molecule has 1 aromatic carbocycles. The van der Waals surface area contributed by atoms with Crippen molar-refractivity contribution in [2.45, 2.75) is 38.5 Å². The van der Waals surface area contributed by atoms with Crippen LogP contribution in [-0.2, 0) is 14.4 Å². The molecule has 2 fully saturated rings. The van der Waals surface area contributed by atoms with Crippen molar-refractivity contribution in [3.63, 3.8) is 0 Å². The molecule has 0 unspecified atom stereocenters. The fourth-order valence-electron chi connectivity index (χ4n) is 3.66. The second-order valence-electron chi connectivity index (χ2n) is 6.67. The summed E-state index contributed by atoms with van der Waals surface area (Å²) in [6, 6.07) is 5.16. The van der Waals surface area contributed by atoms with Crippen LogP contribution in [0.25, 0.3) is 0 Å². The standard InChI is InChI=1S/C18H19F3N2O4/c19-18(20,21)27-14-8-4-3-7-13(14)22-15(24)9-10-23-16(25)11-5-1-2-6-12(11)17(23)26/h3-4,7-8,11-12H,1-2,5-6,9-10H2,(H,22,24)/t11-,12-/m0/s1. The van der Waals surface area contributed by atoms with Gasteiger partial charge in [0, 0.05) is 13.0 Å². The summed E-state index contributed by atoms with van der Waals surface area (Å²) in [5.41, 5.74) is -0.132. The number of para-hydroxylation sites is 2. The highest BCUT2D eigenvalue weighted by Crippen LogP contribution is 2.38. The second kappa shape index (κ2) is 7.58. The Morgan fingerprint density at radius 1 is 1.11 bits per heavy atom. The lowest BCUT2D eigenvalue weighted by Gasteiger charge is -2.19. The zero-order valence-electron chi connectivity index (χ0n) is 14.4. The monoisotopic (exact) mass is 384 g/mol. The lowest BCUT2D eigenvalue weighted by atomic mass is 9.81. The topological polar surface area (TPSA) is 75.7 Å². The molecule has 9 heteroatoms. The average Bonchev–Trinajstić information content (AvgIpc) is 2.85. The number of carbonyl (C=O) groups excluding carboxylic acids is 3. The molecule has 146 valence electrons. The molecular formula is C18H19F3N2O4. The molecule has 0 bridgehead atoms. The minimum atomic E-state index is -4.88.